The Morgan fingerprint density at radius 1 is 1.41 bits per heavy atom. The Labute approximate surface area is 128 Å². The Hall–Kier alpha value is -2.57. The number of amides is 1. The number of aromatic nitrogens is 3. The summed E-state index contributed by atoms with van der Waals surface area (Å²) in [6.45, 7) is 2.81. The monoisotopic (exact) mass is 302 g/mol. The zero-order chi connectivity index (χ0) is 15.4. The molecule has 2 heterocycles. The number of carbonyl (C=O) groups excluding carboxylic acids is 1. The van der Waals surface area contributed by atoms with E-state index in [1.54, 1.807) is 11.0 Å². The van der Waals surface area contributed by atoms with Gasteiger partial charge in [0, 0.05) is 12.5 Å². The highest BCUT2D eigenvalue weighted by Gasteiger charge is 2.14. The van der Waals surface area contributed by atoms with Crippen LogP contribution in [0.25, 0.3) is 0 Å². The molecule has 1 amide bonds. The fraction of sp³-hybridized carbons (Fsp3) is 0.400. The van der Waals surface area contributed by atoms with Gasteiger partial charge >= 0.3 is 0 Å². The molecular formula is C15H18N4O3. The summed E-state index contributed by atoms with van der Waals surface area (Å²) >= 11 is 0. The van der Waals surface area contributed by atoms with Crippen LogP contribution in [0.5, 0.6) is 11.5 Å². The third-order valence-corrected chi connectivity index (χ3v) is 3.41. The van der Waals surface area contributed by atoms with Gasteiger partial charge in [0.25, 0.3) is 0 Å². The van der Waals surface area contributed by atoms with Crippen LogP contribution in [0.4, 0.5) is 0 Å². The molecule has 0 fully saturated rings. The lowest BCUT2D eigenvalue weighted by molar-refractivity contribution is -0.121. The second-order valence-electron chi connectivity index (χ2n) is 5.27. The Kier molecular flexibility index (Phi) is 4.22. The van der Waals surface area contributed by atoms with Crippen molar-refractivity contribution in [1.82, 2.24) is 20.1 Å². The number of nitrogens with zero attached hydrogens (tertiary/aromatic N) is 3. The highest BCUT2D eigenvalue weighted by molar-refractivity contribution is 5.76. The number of fused-ring (bicyclic) bond motifs is 1. The number of carbonyl (C=O) groups is 1. The van der Waals surface area contributed by atoms with Gasteiger partial charge in [-0.05, 0) is 31.0 Å². The fourth-order valence-corrected chi connectivity index (χ4v) is 2.35. The maximum absolute atomic E-state index is 12.0. The molecule has 0 radical (unpaired) electrons. The van der Waals surface area contributed by atoms with E-state index in [-0.39, 0.29) is 18.7 Å². The normalized spacial score (nSPS) is 13.9. The van der Waals surface area contributed by atoms with Crippen LogP contribution in [0, 0.1) is 0 Å². The Bertz CT molecular complexity index is 642. The van der Waals surface area contributed by atoms with Gasteiger partial charge in [0.1, 0.15) is 12.7 Å². The van der Waals surface area contributed by atoms with E-state index in [9.17, 15) is 4.79 Å². The molecule has 1 atom stereocenters. The van der Waals surface area contributed by atoms with Gasteiger partial charge in [-0.2, -0.15) is 5.10 Å². The van der Waals surface area contributed by atoms with Crippen molar-refractivity contribution in [3.05, 3.63) is 36.4 Å². The molecule has 0 aliphatic carbocycles. The summed E-state index contributed by atoms with van der Waals surface area (Å²) in [6, 6.07) is 5.77. The van der Waals surface area contributed by atoms with Crippen LogP contribution in [0.3, 0.4) is 0 Å². The molecule has 0 spiro atoms. The van der Waals surface area contributed by atoms with E-state index < -0.39 is 0 Å². The molecule has 0 saturated heterocycles. The van der Waals surface area contributed by atoms with E-state index in [0.29, 0.717) is 19.4 Å². The lowest BCUT2D eigenvalue weighted by Crippen LogP contribution is -2.35. The molecule has 1 N–H and O–H groups in total. The van der Waals surface area contributed by atoms with Gasteiger partial charge in [0.2, 0.25) is 12.7 Å². The minimum atomic E-state index is 0.00551. The minimum absolute atomic E-state index is 0.00551. The van der Waals surface area contributed by atoms with Crippen molar-refractivity contribution < 1.29 is 14.3 Å². The molecule has 0 bridgehead atoms. The topological polar surface area (TPSA) is 78.3 Å². The zero-order valence-electron chi connectivity index (χ0n) is 12.4. The standard InChI is InChI=1S/C15H18N4O3/c1-11(7-19-9-16-8-17-19)18-15(20)5-3-12-2-4-13-14(6-12)22-10-21-13/h2,4,6,8-9,11H,3,5,7,10H2,1H3,(H,18,20). The minimum Gasteiger partial charge on any atom is -0.454 e. The molecule has 1 aliphatic heterocycles. The quantitative estimate of drug-likeness (QED) is 0.866. The number of aryl methyl sites for hydroxylation is 1. The number of hydrogen-bond donors (Lipinski definition) is 1. The molecule has 7 nitrogen and oxygen atoms in total. The predicted octanol–water partition coefficient (Wildman–Crippen LogP) is 1.14. The van der Waals surface area contributed by atoms with Crippen LogP contribution in [-0.2, 0) is 17.8 Å². The highest BCUT2D eigenvalue weighted by Crippen LogP contribution is 2.32. The fourth-order valence-electron chi connectivity index (χ4n) is 2.35. The molecule has 1 aromatic carbocycles. The third-order valence-electron chi connectivity index (χ3n) is 3.41. The molecule has 1 aliphatic rings. The van der Waals surface area contributed by atoms with Gasteiger partial charge in [0.15, 0.2) is 11.5 Å². The maximum atomic E-state index is 12.0. The Morgan fingerprint density at radius 2 is 2.27 bits per heavy atom. The number of ether oxygens (including phenoxy) is 2. The lowest BCUT2D eigenvalue weighted by atomic mass is 10.1. The van der Waals surface area contributed by atoms with Crippen molar-refractivity contribution >= 4 is 5.91 Å². The summed E-state index contributed by atoms with van der Waals surface area (Å²) in [5.74, 6) is 1.53. The number of rotatable bonds is 6. The van der Waals surface area contributed by atoms with Gasteiger partial charge < -0.3 is 14.8 Å². The molecule has 116 valence electrons. The summed E-state index contributed by atoms with van der Waals surface area (Å²) in [5.41, 5.74) is 1.06. The van der Waals surface area contributed by atoms with Crippen LogP contribution in [-0.4, -0.2) is 33.5 Å². The van der Waals surface area contributed by atoms with Crippen LogP contribution < -0.4 is 14.8 Å². The molecule has 1 aromatic heterocycles. The van der Waals surface area contributed by atoms with Crippen molar-refractivity contribution in [2.24, 2.45) is 0 Å². The van der Waals surface area contributed by atoms with Crippen molar-refractivity contribution in [2.45, 2.75) is 32.4 Å². The van der Waals surface area contributed by atoms with Gasteiger partial charge in [-0.3, -0.25) is 9.48 Å². The summed E-state index contributed by atoms with van der Waals surface area (Å²) in [6.07, 6.45) is 4.21. The van der Waals surface area contributed by atoms with E-state index >= 15 is 0 Å². The molecular weight excluding hydrogens is 284 g/mol. The average Bonchev–Trinajstić information content (AvgIpc) is 3.15. The van der Waals surface area contributed by atoms with Crippen LogP contribution in [0.15, 0.2) is 30.9 Å². The number of hydrogen-bond acceptors (Lipinski definition) is 5. The summed E-state index contributed by atoms with van der Waals surface area (Å²) in [5, 5.41) is 6.98. The largest absolute Gasteiger partial charge is 0.454 e. The first-order valence-electron chi connectivity index (χ1n) is 7.21. The SMILES string of the molecule is CC(Cn1cncn1)NC(=O)CCc1ccc2c(c1)OCO2. The van der Waals surface area contributed by atoms with Crippen molar-refractivity contribution in [3.8, 4) is 11.5 Å². The van der Waals surface area contributed by atoms with Crippen molar-refractivity contribution in [2.75, 3.05) is 6.79 Å². The second kappa shape index (κ2) is 6.46. The van der Waals surface area contributed by atoms with Crippen molar-refractivity contribution in [3.63, 3.8) is 0 Å². The van der Waals surface area contributed by atoms with Gasteiger partial charge in [-0.15, -0.1) is 0 Å². The zero-order valence-corrected chi connectivity index (χ0v) is 12.4. The summed E-state index contributed by atoms with van der Waals surface area (Å²) < 4.78 is 12.3. The predicted molar refractivity (Wildman–Crippen MR) is 78.5 cm³/mol. The van der Waals surface area contributed by atoms with Crippen LogP contribution >= 0.6 is 0 Å². The van der Waals surface area contributed by atoms with E-state index in [1.165, 1.54) is 6.33 Å². The average molecular weight is 302 g/mol. The lowest BCUT2D eigenvalue weighted by Gasteiger charge is -2.13. The third kappa shape index (κ3) is 3.55. The smallest absolute Gasteiger partial charge is 0.231 e. The molecule has 0 saturated carbocycles. The molecule has 3 rings (SSSR count). The summed E-state index contributed by atoms with van der Waals surface area (Å²) in [4.78, 5) is 15.9. The first-order valence-corrected chi connectivity index (χ1v) is 7.21. The van der Waals surface area contributed by atoms with Gasteiger partial charge in [-0.1, -0.05) is 6.07 Å². The number of nitrogens with one attached hydrogen (secondary N) is 1. The maximum Gasteiger partial charge on any atom is 0.231 e. The van der Waals surface area contributed by atoms with E-state index in [0.717, 1.165) is 17.1 Å². The van der Waals surface area contributed by atoms with Crippen LogP contribution in [0.1, 0.15) is 18.9 Å². The molecule has 22 heavy (non-hydrogen) atoms. The first kappa shape index (κ1) is 14.4. The van der Waals surface area contributed by atoms with Gasteiger partial charge in [0.05, 0.1) is 6.54 Å². The van der Waals surface area contributed by atoms with E-state index in [1.807, 2.05) is 25.1 Å². The van der Waals surface area contributed by atoms with Crippen LogP contribution in [0.2, 0.25) is 0 Å². The molecule has 7 heteroatoms. The first-order chi connectivity index (χ1) is 10.7. The van der Waals surface area contributed by atoms with E-state index in [2.05, 4.69) is 15.4 Å². The molecule has 2 aromatic rings. The van der Waals surface area contributed by atoms with E-state index in [4.69, 9.17) is 9.47 Å². The number of benzene rings is 1. The van der Waals surface area contributed by atoms with Crippen molar-refractivity contribution in [1.29, 1.82) is 0 Å². The summed E-state index contributed by atoms with van der Waals surface area (Å²) in [7, 11) is 0. The highest BCUT2D eigenvalue weighted by atomic mass is 16.7. The Balaban J connectivity index is 1.46. The molecule has 1 unspecified atom stereocenters. The Morgan fingerprint density at radius 3 is 3.09 bits per heavy atom. The second-order valence-corrected chi connectivity index (χ2v) is 5.27. The van der Waals surface area contributed by atoms with Gasteiger partial charge in [-0.25, -0.2) is 4.98 Å².